The Morgan fingerprint density at radius 1 is 1.32 bits per heavy atom. The van der Waals surface area contributed by atoms with Gasteiger partial charge in [0.1, 0.15) is 9.57 Å². The molecule has 1 saturated heterocycles. The van der Waals surface area contributed by atoms with Crippen molar-refractivity contribution < 1.29 is 13.2 Å². The van der Waals surface area contributed by atoms with Crippen molar-refractivity contribution in [3.63, 3.8) is 0 Å². The number of benzene rings is 1. The maximum atomic E-state index is 12.0. The van der Waals surface area contributed by atoms with E-state index in [4.69, 9.17) is 12.2 Å². The topological polar surface area (TPSA) is 63.2 Å². The minimum absolute atomic E-state index is 0.0730. The summed E-state index contributed by atoms with van der Waals surface area (Å²) in [4.78, 5) is 12.1. The Labute approximate surface area is 120 Å². The number of hydrogen-bond acceptors (Lipinski definition) is 5. The number of carbonyl (C=O) groups is 1. The Morgan fingerprint density at radius 3 is 2.74 bits per heavy atom. The molecule has 1 aromatic carbocycles. The average Bonchev–Trinajstić information content (AvgIpc) is 2.69. The van der Waals surface area contributed by atoms with Crippen molar-refractivity contribution in [2.75, 3.05) is 5.75 Å². The van der Waals surface area contributed by atoms with E-state index in [-0.39, 0.29) is 11.7 Å². The van der Waals surface area contributed by atoms with E-state index >= 15 is 0 Å². The maximum absolute atomic E-state index is 12.0. The van der Waals surface area contributed by atoms with Gasteiger partial charge in [-0.05, 0) is 17.2 Å². The van der Waals surface area contributed by atoms with Crippen LogP contribution in [0.25, 0.3) is 5.57 Å². The van der Waals surface area contributed by atoms with E-state index in [1.807, 2.05) is 0 Å². The first-order valence-electron chi connectivity index (χ1n) is 5.53. The Balaban J connectivity index is 2.13. The molecule has 7 heteroatoms. The van der Waals surface area contributed by atoms with Crippen molar-refractivity contribution in [2.45, 2.75) is 10.1 Å². The first kappa shape index (κ1) is 12.8. The molecule has 1 atom stereocenters. The summed E-state index contributed by atoms with van der Waals surface area (Å²) in [5, 5.41) is 2.13. The van der Waals surface area contributed by atoms with Gasteiger partial charge in [0, 0.05) is 0 Å². The minimum Gasteiger partial charge on any atom is -0.310 e. The molecule has 0 radical (unpaired) electrons. The fourth-order valence-corrected chi connectivity index (χ4v) is 4.85. The van der Waals surface area contributed by atoms with Crippen molar-refractivity contribution in [2.24, 2.45) is 0 Å². The molecule has 1 aromatic rings. The molecule has 1 fully saturated rings. The summed E-state index contributed by atoms with van der Waals surface area (Å²) in [5.74, 6) is -0.258. The first-order valence-corrected chi connectivity index (χ1v) is 8.47. The van der Waals surface area contributed by atoms with E-state index in [9.17, 15) is 13.2 Å². The lowest BCUT2D eigenvalue weighted by atomic mass is 10.0. The fraction of sp³-hybridized carbons (Fsp3) is 0.167. The summed E-state index contributed by atoms with van der Waals surface area (Å²) >= 11 is 6.22. The highest BCUT2D eigenvalue weighted by Crippen LogP contribution is 2.38. The van der Waals surface area contributed by atoms with Crippen molar-refractivity contribution in [1.82, 2.24) is 5.32 Å². The second-order valence-corrected chi connectivity index (χ2v) is 8.00. The molecule has 0 spiro atoms. The lowest BCUT2D eigenvalue weighted by Gasteiger charge is -2.20. The van der Waals surface area contributed by atoms with Crippen molar-refractivity contribution in [3.05, 3.63) is 35.9 Å². The van der Waals surface area contributed by atoms with E-state index in [0.717, 1.165) is 5.57 Å². The Morgan fingerprint density at radius 2 is 2.05 bits per heavy atom. The maximum Gasteiger partial charge on any atom is 0.243 e. The zero-order valence-electron chi connectivity index (χ0n) is 9.62. The van der Waals surface area contributed by atoms with Gasteiger partial charge < -0.3 is 5.32 Å². The van der Waals surface area contributed by atoms with Gasteiger partial charge in [0.25, 0.3) is 0 Å². The summed E-state index contributed by atoms with van der Waals surface area (Å²) in [7, 11) is -3.29. The summed E-state index contributed by atoms with van der Waals surface area (Å²) < 4.78 is 24.4. The van der Waals surface area contributed by atoms with Crippen LogP contribution < -0.4 is 5.32 Å². The Bertz CT molecular complexity index is 721. The standard InChI is InChI=1S/C12H9NO3S3/c14-11-10(18-12(17)13-11)8-5-6-19(15,16)9-4-2-1-3-7(8)9/h1-5,10H,6H2,(H,13,14,17). The summed E-state index contributed by atoms with van der Waals surface area (Å²) in [6, 6.07) is 6.76. The highest BCUT2D eigenvalue weighted by molar-refractivity contribution is 8.24. The molecular weight excluding hydrogens is 302 g/mol. The summed E-state index contributed by atoms with van der Waals surface area (Å²) in [6.45, 7) is 0. The molecule has 0 aliphatic carbocycles. The zero-order chi connectivity index (χ0) is 13.6. The van der Waals surface area contributed by atoms with Gasteiger partial charge in [-0.25, -0.2) is 8.42 Å². The van der Waals surface area contributed by atoms with Crippen LogP contribution in [0.2, 0.25) is 0 Å². The molecule has 2 heterocycles. The normalized spacial score (nSPS) is 24.6. The molecule has 0 aromatic heterocycles. The second kappa shape index (κ2) is 4.43. The number of amides is 1. The predicted molar refractivity (Wildman–Crippen MR) is 78.6 cm³/mol. The van der Waals surface area contributed by atoms with E-state index in [1.165, 1.54) is 11.8 Å². The first-order chi connectivity index (χ1) is 8.99. The van der Waals surface area contributed by atoms with Crippen LogP contribution >= 0.6 is 24.0 Å². The molecule has 3 rings (SSSR count). The van der Waals surface area contributed by atoms with Gasteiger partial charge in [-0.15, -0.1) is 0 Å². The lowest BCUT2D eigenvalue weighted by molar-refractivity contribution is -0.117. The average molecular weight is 311 g/mol. The molecule has 1 N–H and O–H groups in total. The molecule has 0 saturated carbocycles. The van der Waals surface area contributed by atoms with Gasteiger partial charge in [-0.2, -0.15) is 0 Å². The number of nitrogens with one attached hydrogen (secondary N) is 1. The van der Waals surface area contributed by atoms with Crippen LogP contribution in [-0.2, 0) is 14.6 Å². The number of thiocarbonyl (C=S) groups is 1. The van der Waals surface area contributed by atoms with Crippen molar-refractivity contribution in [3.8, 4) is 0 Å². The Hall–Kier alpha value is -1.18. The van der Waals surface area contributed by atoms with Crippen LogP contribution in [0.3, 0.4) is 0 Å². The van der Waals surface area contributed by atoms with E-state index in [1.54, 1.807) is 30.3 Å². The number of sulfone groups is 1. The van der Waals surface area contributed by atoms with Crippen LogP contribution in [0, 0.1) is 0 Å². The van der Waals surface area contributed by atoms with Gasteiger partial charge in [0.15, 0.2) is 9.84 Å². The smallest absolute Gasteiger partial charge is 0.243 e. The van der Waals surface area contributed by atoms with Gasteiger partial charge in [-0.3, -0.25) is 4.79 Å². The molecule has 98 valence electrons. The molecule has 19 heavy (non-hydrogen) atoms. The van der Waals surface area contributed by atoms with Crippen LogP contribution in [0.15, 0.2) is 35.2 Å². The number of hydrogen-bond donors (Lipinski definition) is 1. The summed E-state index contributed by atoms with van der Waals surface area (Å²) in [6.07, 6.45) is 1.61. The quantitative estimate of drug-likeness (QED) is 0.794. The van der Waals surface area contributed by atoms with Crippen LogP contribution in [0.5, 0.6) is 0 Å². The summed E-state index contributed by atoms with van der Waals surface area (Å²) in [5.41, 5.74) is 1.33. The fourth-order valence-electron chi connectivity index (χ4n) is 2.18. The van der Waals surface area contributed by atoms with E-state index in [2.05, 4.69) is 5.32 Å². The third kappa shape index (κ3) is 2.11. The predicted octanol–water partition coefficient (Wildman–Crippen LogP) is 1.37. The van der Waals surface area contributed by atoms with Crippen molar-refractivity contribution >= 4 is 49.6 Å². The number of thioether (sulfide) groups is 1. The number of carbonyl (C=O) groups excluding carboxylic acids is 1. The third-order valence-electron chi connectivity index (χ3n) is 3.03. The molecule has 1 amide bonds. The highest BCUT2D eigenvalue weighted by atomic mass is 32.2. The van der Waals surface area contributed by atoms with Gasteiger partial charge in [0.05, 0.1) is 10.6 Å². The highest BCUT2D eigenvalue weighted by Gasteiger charge is 2.36. The van der Waals surface area contributed by atoms with Gasteiger partial charge >= 0.3 is 0 Å². The molecule has 0 bridgehead atoms. The number of rotatable bonds is 1. The zero-order valence-corrected chi connectivity index (χ0v) is 12.1. The van der Waals surface area contributed by atoms with E-state index < -0.39 is 15.1 Å². The monoisotopic (exact) mass is 311 g/mol. The SMILES string of the molecule is O=C1NC(=S)SC1C1=CCS(=O)(=O)c2ccccc21. The molecule has 1 unspecified atom stereocenters. The molecule has 2 aliphatic heterocycles. The van der Waals surface area contributed by atoms with Crippen LogP contribution in [0.1, 0.15) is 5.56 Å². The van der Waals surface area contributed by atoms with Gasteiger partial charge in [0.2, 0.25) is 5.91 Å². The van der Waals surface area contributed by atoms with Crippen LogP contribution in [-0.4, -0.2) is 29.6 Å². The lowest BCUT2D eigenvalue weighted by Crippen LogP contribution is -2.27. The van der Waals surface area contributed by atoms with E-state index in [0.29, 0.717) is 14.8 Å². The largest absolute Gasteiger partial charge is 0.310 e. The molecular formula is C12H9NO3S3. The van der Waals surface area contributed by atoms with Crippen molar-refractivity contribution in [1.29, 1.82) is 0 Å². The minimum atomic E-state index is -3.29. The molecule has 2 aliphatic rings. The number of fused-ring (bicyclic) bond motifs is 1. The van der Waals surface area contributed by atoms with Gasteiger partial charge in [-0.1, -0.05) is 48.3 Å². The molecule has 4 nitrogen and oxygen atoms in total. The third-order valence-corrected chi connectivity index (χ3v) is 6.07. The Kier molecular flexibility index (Phi) is 2.99. The van der Waals surface area contributed by atoms with Crippen LogP contribution in [0.4, 0.5) is 0 Å². The second-order valence-electron chi connectivity index (χ2n) is 4.21.